The van der Waals surface area contributed by atoms with Crippen molar-refractivity contribution in [3.63, 3.8) is 0 Å². The normalized spacial score (nSPS) is 49.7. The van der Waals surface area contributed by atoms with Crippen molar-refractivity contribution in [1.29, 1.82) is 0 Å². The van der Waals surface area contributed by atoms with E-state index in [9.17, 15) is 0 Å². The number of nitrogens with one attached hydrogen (secondary N) is 8. The second kappa shape index (κ2) is 16.2. The Kier molecular flexibility index (Phi) is 12.2. The zero-order valence-corrected chi connectivity index (χ0v) is 31.9. The van der Waals surface area contributed by atoms with Crippen molar-refractivity contribution in [2.24, 2.45) is 47.3 Å². The van der Waals surface area contributed by atoms with E-state index < -0.39 is 36.3 Å². The van der Waals surface area contributed by atoms with Crippen molar-refractivity contribution < 1.29 is 53.1 Å². The monoisotopic (exact) mass is 863 g/mol. The molecule has 0 aromatic carbocycles. The third kappa shape index (κ3) is 7.67. The third-order valence-corrected chi connectivity index (χ3v) is 13.6. The van der Waals surface area contributed by atoms with Crippen LogP contribution in [-0.2, 0) is 53.1 Å². The van der Waals surface area contributed by atoms with E-state index >= 15 is 0 Å². The zero-order valence-electron chi connectivity index (χ0n) is 27.4. The summed E-state index contributed by atoms with van der Waals surface area (Å²) < 4.78 is 42.8. The van der Waals surface area contributed by atoms with Crippen LogP contribution in [0.15, 0.2) is 0 Å². The first-order valence-electron chi connectivity index (χ1n) is 18.6. The van der Waals surface area contributed by atoms with Gasteiger partial charge in [0.25, 0.3) is 0 Å². The van der Waals surface area contributed by atoms with E-state index in [2.05, 4.69) is 49.0 Å². The standard InChI is InChI=1S/C32H55N8.5O.Ti.W/c1-2-10-18-17(9-1)25-33-26(18)38-28-21-13-5-6-14-22(21)30(35-28)40-32-24-16-8-7-15-23(24)31(36-32)39-29-20-12-4-3-11-19(20)27(34-29)37-25;;;;;;;/h1,17-40H,2-16H2;;;;;;;/q-1;;;;;;;. The maximum atomic E-state index is 8.61. The van der Waals surface area contributed by atoms with Gasteiger partial charge in [-0.05, 0) is 85.9 Å². The quantitative estimate of drug-likeness (QED) is 0.131. The van der Waals surface area contributed by atoms with Gasteiger partial charge in [-0.15, -0.1) is 0 Å². The Labute approximate surface area is 293 Å². The van der Waals surface area contributed by atoms with Gasteiger partial charge in [-0.2, -0.15) is 12.8 Å². The van der Waals surface area contributed by atoms with Crippen LogP contribution >= 0.6 is 0 Å². The molecule has 16 unspecified atom stereocenters. The van der Waals surface area contributed by atoms with Crippen molar-refractivity contribution >= 4 is 0 Å². The summed E-state index contributed by atoms with van der Waals surface area (Å²) in [4.78, 5) is 0. The number of rotatable bonds is 0. The van der Waals surface area contributed by atoms with Crippen molar-refractivity contribution in [1.82, 2.24) is 42.5 Å². The van der Waals surface area contributed by atoms with Crippen LogP contribution in [0, 0.1) is 53.8 Å². The van der Waals surface area contributed by atoms with Gasteiger partial charge in [0.1, 0.15) is 0 Å². The molecule has 5 aliphatic heterocycles. The molecule has 0 radical (unpaired) electrons. The van der Waals surface area contributed by atoms with Gasteiger partial charge in [-0.1, -0.05) is 44.9 Å². The Bertz CT molecular complexity index is 1020. The molecule has 47 heavy (non-hydrogen) atoms. The van der Waals surface area contributed by atoms with E-state index in [1.165, 1.54) is 96.3 Å². The van der Waals surface area contributed by atoms with Crippen LogP contribution < -0.4 is 42.5 Å². The van der Waals surface area contributed by atoms with Crippen LogP contribution in [0.4, 0.5) is 0 Å². The van der Waals surface area contributed by atoms with Crippen molar-refractivity contribution in [2.75, 3.05) is 0 Å². The molecule has 4 saturated carbocycles. The van der Waals surface area contributed by atoms with Gasteiger partial charge in [0.05, 0.1) is 49.3 Å². The number of fused-ring (bicyclic) bond motifs is 20. The molecule has 15 heteroatoms. The first-order valence-corrected chi connectivity index (χ1v) is 23.5. The molecule has 0 spiro atoms. The van der Waals surface area contributed by atoms with Gasteiger partial charge >= 0.3 is 53.1 Å². The van der Waals surface area contributed by atoms with Crippen molar-refractivity contribution in [2.45, 2.75) is 146 Å². The second-order valence-electron chi connectivity index (χ2n) is 15.7. The fourth-order valence-corrected chi connectivity index (χ4v) is 11.8. The summed E-state index contributed by atoms with van der Waals surface area (Å²) in [6, 6.07) is 0. The van der Waals surface area contributed by atoms with E-state index in [1.54, 1.807) is 0 Å². The second-order valence-corrected chi connectivity index (χ2v) is 17.4. The molecule has 0 amide bonds. The van der Waals surface area contributed by atoms with Crippen LogP contribution in [0.3, 0.4) is 0 Å². The van der Waals surface area contributed by atoms with Crippen LogP contribution in [0.25, 0.3) is 0 Å². The SMILES string of the molecule is [CH-]1CCC2C3NC(NC4NC(NC5NC(NC6NC(N3)C3CCCCC63)C3CCCCC53)C3CCCCC43)C2C1.[O]=[Ti]=[O].[O]=[W](=[O])=[O]. The van der Waals surface area contributed by atoms with Gasteiger partial charge in [0.2, 0.25) is 0 Å². The van der Waals surface area contributed by atoms with E-state index in [0.29, 0.717) is 61.2 Å². The van der Waals surface area contributed by atoms with Crippen LogP contribution in [-0.4, -0.2) is 49.3 Å². The summed E-state index contributed by atoms with van der Waals surface area (Å²) in [5.74, 6) is 5.84. The molecule has 5 saturated heterocycles. The minimum atomic E-state index is -4.28. The first-order chi connectivity index (χ1) is 22.9. The van der Waals surface area contributed by atoms with Gasteiger partial charge in [0.15, 0.2) is 0 Å². The minimum absolute atomic E-state index is 0.389. The molecular weight excluding hydrogens is 808 g/mol. The molecule has 4 aliphatic carbocycles. The number of hydrogen-bond donors (Lipinski definition) is 8. The van der Waals surface area contributed by atoms with Gasteiger partial charge in [0, 0.05) is 0 Å². The maximum absolute atomic E-state index is 8.61. The molecular formula is C32H55N8O5TiW-. The molecule has 264 valence electrons. The molecule has 8 N–H and O–H groups in total. The molecule has 5 heterocycles. The van der Waals surface area contributed by atoms with Gasteiger partial charge in [-0.25, -0.2) is 0 Å². The first kappa shape index (κ1) is 35.5. The average Bonchev–Trinajstić information content (AvgIpc) is 3.81. The molecule has 9 rings (SSSR count). The Morgan fingerprint density at radius 2 is 0.617 bits per heavy atom. The van der Waals surface area contributed by atoms with E-state index in [1.807, 2.05) is 0 Å². The van der Waals surface area contributed by atoms with Gasteiger partial charge < -0.3 is 6.42 Å². The topological polar surface area (TPSA) is 182 Å². The summed E-state index contributed by atoms with van der Waals surface area (Å²) >= 11 is -6.28. The Morgan fingerprint density at radius 1 is 0.404 bits per heavy atom. The Morgan fingerprint density at radius 3 is 0.872 bits per heavy atom. The molecule has 13 nitrogen and oxygen atoms in total. The van der Waals surface area contributed by atoms with Crippen molar-refractivity contribution in [3.8, 4) is 0 Å². The fraction of sp³-hybridized carbons (Fsp3) is 0.969. The molecule has 0 aromatic rings. The van der Waals surface area contributed by atoms with E-state index in [4.69, 9.17) is 16.8 Å². The molecule has 8 bridgehead atoms. The predicted molar refractivity (Wildman–Crippen MR) is 160 cm³/mol. The summed E-state index contributed by atoms with van der Waals surface area (Å²) in [6.45, 7) is 0. The van der Waals surface area contributed by atoms with Crippen LogP contribution in [0.1, 0.15) is 96.3 Å². The van der Waals surface area contributed by atoms with E-state index in [-0.39, 0.29) is 0 Å². The Balaban J connectivity index is 0.000000462. The van der Waals surface area contributed by atoms with E-state index in [0.717, 1.165) is 35.5 Å². The van der Waals surface area contributed by atoms with Crippen LogP contribution in [0.2, 0.25) is 0 Å². The Hall–Kier alpha value is 0.0826. The molecule has 9 fully saturated rings. The number of hydrogen-bond acceptors (Lipinski definition) is 13. The summed E-state index contributed by atoms with van der Waals surface area (Å²) in [7, 11) is 0. The predicted octanol–water partition coefficient (Wildman–Crippen LogP) is 1.82. The zero-order chi connectivity index (χ0) is 32.5. The third-order valence-electron chi connectivity index (χ3n) is 13.6. The summed E-state index contributed by atoms with van der Waals surface area (Å²) in [6.07, 6.45) is 26.3. The van der Waals surface area contributed by atoms with Crippen molar-refractivity contribution in [3.05, 3.63) is 6.42 Å². The fourth-order valence-electron chi connectivity index (χ4n) is 11.8. The average molecular weight is 864 g/mol. The summed E-state index contributed by atoms with van der Waals surface area (Å²) in [5.41, 5.74) is 0. The van der Waals surface area contributed by atoms with Crippen LogP contribution in [0.5, 0.6) is 0 Å². The molecule has 9 aliphatic rings. The van der Waals surface area contributed by atoms with Gasteiger partial charge in [-0.3, -0.25) is 42.5 Å². The summed E-state index contributed by atoms with van der Waals surface area (Å²) in [5, 5.41) is 33.7. The molecule has 16 atom stereocenters. The molecule has 0 aromatic heterocycles.